The molecule has 0 saturated heterocycles. The summed E-state index contributed by atoms with van der Waals surface area (Å²) in [5.41, 5.74) is 0.445. The summed E-state index contributed by atoms with van der Waals surface area (Å²) < 4.78 is 2.79. The van der Waals surface area contributed by atoms with Crippen molar-refractivity contribution in [1.29, 1.82) is 0 Å². The van der Waals surface area contributed by atoms with Crippen molar-refractivity contribution in [2.45, 2.75) is 0 Å². The SMILES string of the molecule is Cn1cnc2cncn2c1=O. The molecule has 2 rings (SSSR count). The average Bonchev–Trinajstić information content (AvgIpc) is 2.45. The molecule has 11 heavy (non-hydrogen) atoms. The highest BCUT2D eigenvalue weighted by atomic mass is 16.1. The van der Waals surface area contributed by atoms with Gasteiger partial charge in [-0.3, -0.25) is 4.57 Å². The van der Waals surface area contributed by atoms with E-state index in [1.165, 1.54) is 21.6 Å². The third-order valence-electron chi connectivity index (χ3n) is 1.49. The van der Waals surface area contributed by atoms with Gasteiger partial charge in [-0.25, -0.2) is 19.2 Å². The van der Waals surface area contributed by atoms with Crippen molar-refractivity contribution in [3.05, 3.63) is 29.3 Å². The third kappa shape index (κ3) is 0.739. The van der Waals surface area contributed by atoms with Crippen LogP contribution in [0, 0.1) is 0 Å². The minimum absolute atomic E-state index is 0.132. The molecular formula is C6H6N4O. The zero-order valence-corrected chi connectivity index (χ0v) is 5.93. The average molecular weight is 150 g/mol. The fraction of sp³-hybridized carbons (Fsp3) is 0.167. The first-order chi connectivity index (χ1) is 5.29. The molecule has 0 aromatic carbocycles. The molecule has 0 radical (unpaired) electrons. The van der Waals surface area contributed by atoms with Crippen LogP contribution in [0.3, 0.4) is 0 Å². The van der Waals surface area contributed by atoms with Crippen molar-refractivity contribution in [3.63, 3.8) is 0 Å². The van der Waals surface area contributed by atoms with E-state index in [2.05, 4.69) is 9.97 Å². The quantitative estimate of drug-likeness (QED) is 0.505. The van der Waals surface area contributed by atoms with Gasteiger partial charge in [0.25, 0.3) is 0 Å². The summed E-state index contributed by atoms with van der Waals surface area (Å²) in [6, 6.07) is 0. The summed E-state index contributed by atoms with van der Waals surface area (Å²) in [6.45, 7) is 0. The van der Waals surface area contributed by atoms with Crippen molar-refractivity contribution in [2.75, 3.05) is 0 Å². The number of hydrogen-bond donors (Lipinski definition) is 0. The largest absolute Gasteiger partial charge is 0.336 e. The molecule has 0 N–H and O–H groups in total. The Morgan fingerprint density at radius 2 is 2.27 bits per heavy atom. The van der Waals surface area contributed by atoms with E-state index in [1.54, 1.807) is 13.2 Å². The van der Waals surface area contributed by atoms with Gasteiger partial charge in [0.2, 0.25) is 0 Å². The van der Waals surface area contributed by atoms with Crippen LogP contribution in [0.4, 0.5) is 0 Å². The summed E-state index contributed by atoms with van der Waals surface area (Å²) in [5.74, 6) is 0. The van der Waals surface area contributed by atoms with Gasteiger partial charge in [-0.15, -0.1) is 0 Å². The standard InChI is InChI=1S/C6H6N4O/c1-9-4-8-5-2-7-3-10(5)6(9)11/h2-4H,1H3. The zero-order chi connectivity index (χ0) is 7.84. The Bertz CT molecular complexity index is 441. The fourth-order valence-electron chi connectivity index (χ4n) is 0.896. The molecule has 0 bridgehead atoms. The molecule has 0 saturated carbocycles. The fourth-order valence-corrected chi connectivity index (χ4v) is 0.896. The van der Waals surface area contributed by atoms with Crippen molar-refractivity contribution in [2.24, 2.45) is 7.05 Å². The van der Waals surface area contributed by atoms with Gasteiger partial charge in [0.05, 0.1) is 6.20 Å². The molecule has 0 aliphatic heterocycles. The lowest BCUT2D eigenvalue weighted by molar-refractivity contribution is 0.757. The van der Waals surface area contributed by atoms with Crippen LogP contribution in [-0.4, -0.2) is 18.9 Å². The van der Waals surface area contributed by atoms with Gasteiger partial charge >= 0.3 is 5.69 Å². The van der Waals surface area contributed by atoms with E-state index in [0.29, 0.717) is 5.65 Å². The number of hydrogen-bond acceptors (Lipinski definition) is 3. The predicted molar refractivity (Wildman–Crippen MR) is 38.2 cm³/mol. The molecule has 0 spiro atoms. The normalized spacial score (nSPS) is 10.6. The van der Waals surface area contributed by atoms with Gasteiger partial charge in [0.1, 0.15) is 12.7 Å². The van der Waals surface area contributed by atoms with Crippen LogP contribution in [0.15, 0.2) is 23.6 Å². The van der Waals surface area contributed by atoms with Gasteiger partial charge in [-0.2, -0.15) is 0 Å². The summed E-state index contributed by atoms with van der Waals surface area (Å²) in [4.78, 5) is 19.0. The summed E-state index contributed by atoms with van der Waals surface area (Å²) in [6.07, 6.45) is 4.46. The van der Waals surface area contributed by atoms with E-state index in [4.69, 9.17) is 0 Å². The Labute approximate surface area is 61.9 Å². The van der Waals surface area contributed by atoms with E-state index < -0.39 is 0 Å². The maximum absolute atomic E-state index is 11.2. The minimum Gasteiger partial charge on any atom is -0.287 e. The maximum atomic E-state index is 11.2. The summed E-state index contributed by atoms with van der Waals surface area (Å²) in [7, 11) is 1.65. The van der Waals surface area contributed by atoms with Crippen LogP contribution in [0.2, 0.25) is 0 Å². The molecule has 2 aromatic heterocycles. The molecule has 0 fully saturated rings. The van der Waals surface area contributed by atoms with Gasteiger partial charge in [-0.1, -0.05) is 0 Å². The molecule has 2 heterocycles. The number of imidazole rings is 1. The zero-order valence-electron chi connectivity index (χ0n) is 5.93. The lowest BCUT2D eigenvalue weighted by Crippen LogP contribution is -2.23. The second-order valence-corrected chi connectivity index (χ2v) is 2.26. The summed E-state index contributed by atoms with van der Waals surface area (Å²) >= 11 is 0. The second kappa shape index (κ2) is 1.91. The minimum atomic E-state index is -0.132. The van der Waals surface area contributed by atoms with Gasteiger partial charge < -0.3 is 0 Å². The number of fused-ring (bicyclic) bond motifs is 1. The van der Waals surface area contributed by atoms with Crippen molar-refractivity contribution < 1.29 is 0 Å². The van der Waals surface area contributed by atoms with Crippen LogP contribution in [0.25, 0.3) is 5.65 Å². The Hall–Kier alpha value is -1.65. The van der Waals surface area contributed by atoms with E-state index >= 15 is 0 Å². The van der Waals surface area contributed by atoms with Crippen LogP contribution < -0.4 is 5.69 Å². The smallest absolute Gasteiger partial charge is 0.287 e. The van der Waals surface area contributed by atoms with Gasteiger partial charge in [0.15, 0.2) is 5.65 Å². The first kappa shape index (κ1) is 6.09. The van der Waals surface area contributed by atoms with Crippen LogP contribution in [0.5, 0.6) is 0 Å². The highest BCUT2D eigenvalue weighted by Gasteiger charge is 1.97. The molecule has 2 aromatic rings. The number of rotatable bonds is 0. The van der Waals surface area contributed by atoms with E-state index in [-0.39, 0.29) is 5.69 Å². The second-order valence-electron chi connectivity index (χ2n) is 2.26. The van der Waals surface area contributed by atoms with Gasteiger partial charge in [0, 0.05) is 7.05 Å². The molecule has 0 aliphatic carbocycles. The summed E-state index contributed by atoms with van der Waals surface area (Å²) in [5, 5.41) is 0. The van der Waals surface area contributed by atoms with Crippen molar-refractivity contribution in [1.82, 2.24) is 18.9 Å². The predicted octanol–water partition coefficient (Wildman–Crippen LogP) is -0.572. The third-order valence-corrected chi connectivity index (χ3v) is 1.49. The van der Waals surface area contributed by atoms with Crippen molar-refractivity contribution in [3.8, 4) is 0 Å². The van der Waals surface area contributed by atoms with Crippen molar-refractivity contribution >= 4 is 5.65 Å². The highest BCUT2D eigenvalue weighted by Crippen LogP contribution is 1.89. The first-order valence-corrected chi connectivity index (χ1v) is 3.13. The van der Waals surface area contributed by atoms with Crippen LogP contribution in [0.1, 0.15) is 0 Å². The Kier molecular flexibility index (Phi) is 1.06. The monoisotopic (exact) mass is 150 g/mol. The molecular weight excluding hydrogens is 144 g/mol. The molecule has 5 nitrogen and oxygen atoms in total. The van der Waals surface area contributed by atoms with Gasteiger partial charge in [-0.05, 0) is 0 Å². The Morgan fingerprint density at radius 1 is 1.45 bits per heavy atom. The van der Waals surface area contributed by atoms with E-state index in [0.717, 1.165) is 0 Å². The van der Waals surface area contributed by atoms with Crippen LogP contribution >= 0.6 is 0 Å². The molecule has 0 atom stereocenters. The molecule has 0 aliphatic rings. The molecule has 0 unspecified atom stereocenters. The van der Waals surface area contributed by atoms with E-state index in [1.807, 2.05) is 0 Å². The molecule has 56 valence electrons. The topological polar surface area (TPSA) is 52.2 Å². The highest BCUT2D eigenvalue weighted by molar-refractivity contribution is 5.32. The number of nitrogens with zero attached hydrogens (tertiary/aromatic N) is 4. The molecule has 5 heteroatoms. The number of aromatic nitrogens is 4. The Balaban J connectivity index is 3.05. The van der Waals surface area contributed by atoms with E-state index in [9.17, 15) is 4.79 Å². The number of aryl methyl sites for hydroxylation is 1. The lowest BCUT2D eigenvalue weighted by Gasteiger charge is -1.94. The lowest BCUT2D eigenvalue weighted by atomic mass is 10.8. The first-order valence-electron chi connectivity index (χ1n) is 3.13. The Morgan fingerprint density at radius 3 is 3.09 bits per heavy atom. The van der Waals surface area contributed by atoms with Crippen LogP contribution in [-0.2, 0) is 7.05 Å². The maximum Gasteiger partial charge on any atom is 0.336 e. The molecule has 0 amide bonds.